The zero-order valence-corrected chi connectivity index (χ0v) is 12.4. The van der Waals surface area contributed by atoms with Gasteiger partial charge in [-0.2, -0.15) is 0 Å². The van der Waals surface area contributed by atoms with Crippen molar-refractivity contribution < 1.29 is 8.42 Å². The van der Waals surface area contributed by atoms with E-state index >= 15 is 0 Å². The van der Waals surface area contributed by atoms with Gasteiger partial charge in [0.15, 0.2) is 0 Å². The number of aryl methyl sites for hydroxylation is 1. The Morgan fingerprint density at radius 3 is 2.75 bits per heavy atom. The molecule has 1 aromatic carbocycles. The Bertz CT molecular complexity index is 732. The summed E-state index contributed by atoms with van der Waals surface area (Å²) in [4.78, 5) is 4.13. The molecule has 0 radical (unpaired) electrons. The molecule has 0 unspecified atom stereocenters. The van der Waals surface area contributed by atoms with Gasteiger partial charge in [-0.1, -0.05) is 17.7 Å². The maximum absolute atomic E-state index is 12.2. The largest absolute Gasteiger partial charge is 0.399 e. The highest BCUT2D eigenvalue weighted by molar-refractivity contribution is 7.89. The fraction of sp³-hybridized carbons (Fsp3) is 0.154. The van der Waals surface area contributed by atoms with Gasteiger partial charge in [0.1, 0.15) is 4.90 Å². The Morgan fingerprint density at radius 2 is 2.10 bits per heavy atom. The number of nitrogens with two attached hydrogens (primary N) is 1. The van der Waals surface area contributed by atoms with Gasteiger partial charge in [-0.25, -0.2) is 13.1 Å². The topological polar surface area (TPSA) is 85.1 Å². The first-order valence-corrected chi connectivity index (χ1v) is 7.71. The summed E-state index contributed by atoms with van der Waals surface area (Å²) < 4.78 is 26.8. The minimum Gasteiger partial charge on any atom is -0.399 e. The summed E-state index contributed by atoms with van der Waals surface area (Å²) >= 11 is 5.91. The van der Waals surface area contributed by atoms with Crippen molar-refractivity contribution in [3.63, 3.8) is 0 Å². The maximum Gasteiger partial charge on any atom is 0.242 e. The third-order valence-electron chi connectivity index (χ3n) is 2.79. The highest BCUT2D eigenvalue weighted by Gasteiger charge is 2.18. The van der Waals surface area contributed by atoms with Crippen LogP contribution in [0.3, 0.4) is 0 Å². The van der Waals surface area contributed by atoms with Crippen LogP contribution < -0.4 is 10.5 Å². The van der Waals surface area contributed by atoms with E-state index < -0.39 is 10.0 Å². The molecule has 106 valence electrons. The van der Waals surface area contributed by atoms with Crippen LogP contribution in [0, 0.1) is 6.92 Å². The average Bonchev–Trinajstić information content (AvgIpc) is 2.37. The van der Waals surface area contributed by atoms with Crippen LogP contribution in [-0.2, 0) is 16.6 Å². The number of hydrogen-bond donors (Lipinski definition) is 2. The number of pyridine rings is 1. The van der Waals surface area contributed by atoms with E-state index in [0.29, 0.717) is 11.4 Å². The van der Waals surface area contributed by atoms with Crippen molar-refractivity contribution in [1.29, 1.82) is 0 Å². The molecule has 0 bridgehead atoms. The van der Waals surface area contributed by atoms with Crippen molar-refractivity contribution in [2.75, 3.05) is 5.73 Å². The first kappa shape index (κ1) is 14.8. The Hall–Kier alpha value is -1.63. The van der Waals surface area contributed by atoms with Crippen LogP contribution in [-0.4, -0.2) is 13.4 Å². The second-order valence-corrected chi connectivity index (χ2v) is 6.42. The van der Waals surface area contributed by atoms with Gasteiger partial charge in [-0.3, -0.25) is 4.98 Å². The van der Waals surface area contributed by atoms with E-state index in [0.717, 1.165) is 5.56 Å². The van der Waals surface area contributed by atoms with Crippen LogP contribution in [0.1, 0.15) is 11.3 Å². The number of benzene rings is 1. The van der Waals surface area contributed by atoms with E-state index in [-0.39, 0.29) is 16.5 Å². The molecule has 1 heterocycles. The molecule has 0 spiro atoms. The van der Waals surface area contributed by atoms with Gasteiger partial charge >= 0.3 is 0 Å². The molecule has 2 rings (SSSR count). The molecular formula is C13H14ClN3O2S. The van der Waals surface area contributed by atoms with Crippen molar-refractivity contribution in [2.45, 2.75) is 18.4 Å². The molecule has 0 aliphatic rings. The number of nitrogens with zero attached hydrogens (tertiary/aromatic N) is 1. The molecule has 7 heteroatoms. The predicted octanol–water partition coefficient (Wildman–Crippen LogP) is 2.10. The quantitative estimate of drug-likeness (QED) is 0.847. The van der Waals surface area contributed by atoms with Crippen LogP contribution in [0.25, 0.3) is 0 Å². The third-order valence-corrected chi connectivity index (χ3v) is 4.68. The summed E-state index contributed by atoms with van der Waals surface area (Å²) in [5.41, 5.74) is 7.54. The van der Waals surface area contributed by atoms with Crippen molar-refractivity contribution in [3.05, 3.63) is 52.8 Å². The molecule has 0 aliphatic heterocycles. The Morgan fingerprint density at radius 1 is 1.35 bits per heavy atom. The van der Waals surface area contributed by atoms with E-state index in [1.165, 1.54) is 18.2 Å². The van der Waals surface area contributed by atoms with Crippen molar-refractivity contribution >= 4 is 27.3 Å². The number of hydrogen-bond acceptors (Lipinski definition) is 4. The average molecular weight is 312 g/mol. The van der Waals surface area contributed by atoms with Crippen LogP contribution in [0.15, 0.2) is 41.4 Å². The summed E-state index contributed by atoms with van der Waals surface area (Å²) in [6.45, 7) is 1.97. The molecule has 0 saturated carbocycles. The molecule has 0 fully saturated rings. The zero-order chi connectivity index (χ0) is 14.8. The molecule has 0 saturated heterocycles. The van der Waals surface area contributed by atoms with Crippen LogP contribution in [0.4, 0.5) is 5.69 Å². The molecule has 0 amide bonds. The number of nitrogens with one attached hydrogen (secondary N) is 1. The number of rotatable bonds is 4. The van der Waals surface area contributed by atoms with Crippen LogP contribution in [0.2, 0.25) is 5.02 Å². The van der Waals surface area contributed by atoms with E-state index in [9.17, 15) is 8.42 Å². The number of anilines is 1. The summed E-state index contributed by atoms with van der Waals surface area (Å²) in [6, 6.07) is 7.94. The summed E-state index contributed by atoms with van der Waals surface area (Å²) in [5, 5.41) is 0.0928. The molecular weight excluding hydrogens is 298 g/mol. The Balaban J connectivity index is 2.22. The van der Waals surface area contributed by atoms with Gasteiger partial charge in [0, 0.05) is 11.9 Å². The highest BCUT2D eigenvalue weighted by Crippen LogP contribution is 2.23. The van der Waals surface area contributed by atoms with E-state index in [1.807, 2.05) is 13.0 Å². The van der Waals surface area contributed by atoms with Gasteiger partial charge < -0.3 is 5.73 Å². The summed E-state index contributed by atoms with van der Waals surface area (Å²) in [5.74, 6) is 0. The van der Waals surface area contributed by atoms with Gasteiger partial charge in [0.05, 0.1) is 17.3 Å². The standard InChI is InChI=1S/C13H14ClN3O2S/c1-9-3-2-6-16-12(9)8-17-20(18,19)13-5-4-10(15)7-11(13)14/h2-7,17H,8,15H2,1H3. The maximum atomic E-state index is 12.2. The molecule has 20 heavy (non-hydrogen) atoms. The Kier molecular flexibility index (Phi) is 4.27. The monoisotopic (exact) mass is 311 g/mol. The lowest BCUT2D eigenvalue weighted by Gasteiger charge is -2.09. The predicted molar refractivity (Wildman–Crippen MR) is 78.9 cm³/mol. The van der Waals surface area contributed by atoms with E-state index in [1.54, 1.807) is 12.3 Å². The second-order valence-electron chi connectivity index (χ2n) is 4.28. The summed E-state index contributed by atoms with van der Waals surface area (Å²) in [7, 11) is -3.70. The van der Waals surface area contributed by atoms with Crippen LogP contribution >= 0.6 is 11.6 Å². The van der Waals surface area contributed by atoms with Crippen molar-refractivity contribution in [3.8, 4) is 0 Å². The van der Waals surface area contributed by atoms with Gasteiger partial charge in [-0.05, 0) is 36.8 Å². The lowest BCUT2D eigenvalue weighted by atomic mass is 10.2. The third kappa shape index (κ3) is 3.27. The first-order chi connectivity index (χ1) is 9.40. The smallest absolute Gasteiger partial charge is 0.242 e. The Labute approximate surface area is 122 Å². The normalized spacial score (nSPS) is 11.5. The second kappa shape index (κ2) is 5.78. The van der Waals surface area contributed by atoms with Gasteiger partial charge in [0.25, 0.3) is 0 Å². The number of sulfonamides is 1. The molecule has 0 aliphatic carbocycles. The van der Waals surface area contributed by atoms with Crippen LogP contribution in [0.5, 0.6) is 0 Å². The van der Waals surface area contributed by atoms with Gasteiger partial charge in [-0.15, -0.1) is 0 Å². The van der Waals surface area contributed by atoms with E-state index in [4.69, 9.17) is 17.3 Å². The van der Waals surface area contributed by atoms with Gasteiger partial charge in [0.2, 0.25) is 10.0 Å². The zero-order valence-electron chi connectivity index (χ0n) is 10.8. The highest BCUT2D eigenvalue weighted by atomic mass is 35.5. The lowest BCUT2D eigenvalue weighted by molar-refractivity contribution is 0.580. The lowest BCUT2D eigenvalue weighted by Crippen LogP contribution is -2.24. The van der Waals surface area contributed by atoms with E-state index in [2.05, 4.69) is 9.71 Å². The molecule has 2 aromatic rings. The molecule has 3 N–H and O–H groups in total. The van der Waals surface area contributed by atoms with Crippen molar-refractivity contribution in [1.82, 2.24) is 9.71 Å². The fourth-order valence-electron chi connectivity index (χ4n) is 1.68. The minimum atomic E-state index is -3.70. The SMILES string of the molecule is Cc1cccnc1CNS(=O)(=O)c1ccc(N)cc1Cl. The molecule has 0 atom stereocenters. The van der Waals surface area contributed by atoms with Crippen molar-refractivity contribution in [2.24, 2.45) is 0 Å². The number of nitrogen functional groups attached to an aromatic ring is 1. The number of aromatic nitrogens is 1. The summed E-state index contributed by atoms with van der Waals surface area (Å²) in [6.07, 6.45) is 1.62. The molecule has 5 nitrogen and oxygen atoms in total. The minimum absolute atomic E-state index is 0.00181. The first-order valence-electron chi connectivity index (χ1n) is 5.85. The number of halogens is 1. The fourth-order valence-corrected chi connectivity index (χ4v) is 3.22. The molecule has 1 aromatic heterocycles.